The van der Waals surface area contributed by atoms with E-state index in [2.05, 4.69) is 0 Å². The number of benzene rings is 1. The van der Waals surface area contributed by atoms with E-state index >= 15 is 0 Å². The van der Waals surface area contributed by atoms with Crippen molar-refractivity contribution in [3.8, 4) is 0 Å². The number of carbonyl (C=O) groups is 2. The van der Waals surface area contributed by atoms with Crippen molar-refractivity contribution < 1.29 is 23.1 Å². The molecule has 0 saturated carbocycles. The molecule has 0 aliphatic heterocycles. The van der Waals surface area contributed by atoms with E-state index in [9.17, 15) is 18.4 Å². The molecule has 1 aliphatic carbocycles. The zero-order valence-electron chi connectivity index (χ0n) is 11.3. The predicted molar refractivity (Wildman–Crippen MR) is 72.4 cm³/mol. The molecule has 0 aromatic heterocycles. The molecular formula is C15H15F2NO3. The number of allylic oxidation sites excluding steroid dienone is 2. The van der Waals surface area contributed by atoms with Crippen molar-refractivity contribution in [2.45, 2.75) is 19.3 Å². The number of hydrogen-bond donors (Lipinski definition) is 1. The third kappa shape index (κ3) is 4.37. The summed E-state index contributed by atoms with van der Waals surface area (Å²) < 4.78 is 31.4. The predicted octanol–water partition coefficient (Wildman–Crippen LogP) is 2.80. The molecule has 0 spiro atoms. The van der Waals surface area contributed by atoms with Crippen molar-refractivity contribution in [3.63, 3.8) is 0 Å². The van der Waals surface area contributed by atoms with Crippen LogP contribution in [0.5, 0.6) is 0 Å². The Morgan fingerprint density at radius 3 is 2.62 bits per heavy atom. The molecule has 0 heterocycles. The number of nitrogens with one attached hydrogen (secondary N) is 1. The van der Waals surface area contributed by atoms with Gasteiger partial charge in [-0.25, -0.2) is 8.78 Å². The van der Waals surface area contributed by atoms with Gasteiger partial charge in [-0.15, -0.1) is 0 Å². The fraction of sp³-hybridized carbons (Fsp3) is 0.333. The maximum absolute atomic E-state index is 13.3. The third-order valence-electron chi connectivity index (χ3n) is 3.13. The van der Waals surface area contributed by atoms with Gasteiger partial charge < -0.3 is 10.1 Å². The van der Waals surface area contributed by atoms with Crippen molar-refractivity contribution in [1.82, 2.24) is 0 Å². The zero-order valence-corrected chi connectivity index (χ0v) is 11.3. The van der Waals surface area contributed by atoms with E-state index in [1.165, 1.54) is 6.07 Å². The fourth-order valence-electron chi connectivity index (χ4n) is 2.08. The third-order valence-corrected chi connectivity index (χ3v) is 3.13. The number of ether oxygens (including phenoxy) is 1. The summed E-state index contributed by atoms with van der Waals surface area (Å²) >= 11 is 0. The van der Waals surface area contributed by atoms with Crippen LogP contribution < -0.4 is 5.32 Å². The summed E-state index contributed by atoms with van der Waals surface area (Å²) in [6.07, 6.45) is 5.96. The molecule has 0 fully saturated rings. The first-order valence-corrected chi connectivity index (χ1v) is 6.62. The van der Waals surface area contributed by atoms with Gasteiger partial charge in [-0.2, -0.15) is 0 Å². The lowest BCUT2D eigenvalue weighted by Gasteiger charge is -2.09. The first-order valence-electron chi connectivity index (χ1n) is 6.62. The number of hydrogen-bond acceptors (Lipinski definition) is 3. The van der Waals surface area contributed by atoms with Gasteiger partial charge in [0.2, 0.25) is 0 Å². The standard InChI is InChI=1S/C15H15F2NO3/c16-11-6-3-7-12(17)15(11)18-13(19)9-21-14(20)8-10-4-1-2-5-10/h1,3-4,6-7,10H,2,5,8-9H2,(H,18,19)/t10-/m0/s1. The summed E-state index contributed by atoms with van der Waals surface area (Å²) in [6, 6.07) is 3.24. The average Bonchev–Trinajstić information content (AvgIpc) is 2.94. The number of rotatable bonds is 5. The van der Waals surface area contributed by atoms with Crippen molar-refractivity contribution in [2.24, 2.45) is 5.92 Å². The molecule has 0 saturated heterocycles. The highest BCUT2D eigenvalue weighted by Crippen LogP contribution is 2.21. The van der Waals surface area contributed by atoms with Crippen LogP contribution in [0.1, 0.15) is 19.3 Å². The number of anilines is 1. The van der Waals surface area contributed by atoms with Crippen LogP contribution in [0.4, 0.5) is 14.5 Å². The van der Waals surface area contributed by atoms with Crippen LogP contribution in [0.15, 0.2) is 30.4 Å². The Morgan fingerprint density at radius 2 is 2.00 bits per heavy atom. The van der Waals surface area contributed by atoms with Gasteiger partial charge in [-0.05, 0) is 30.9 Å². The molecule has 1 atom stereocenters. The Kier molecular flexibility index (Phi) is 5.03. The lowest BCUT2D eigenvalue weighted by atomic mass is 10.1. The molecule has 2 rings (SSSR count). The second-order valence-electron chi connectivity index (χ2n) is 4.78. The number of esters is 1. The van der Waals surface area contributed by atoms with E-state index in [-0.39, 0.29) is 12.3 Å². The number of halogens is 2. The Balaban J connectivity index is 1.79. The average molecular weight is 295 g/mol. The van der Waals surface area contributed by atoms with E-state index in [0.717, 1.165) is 25.0 Å². The molecule has 4 nitrogen and oxygen atoms in total. The van der Waals surface area contributed by atoms with Gasteiger partial charge in [0, 0.05) is 0 Å². The Bertz CT molecular complexity index is 552. The summed E-state index contributed by atoms with van der Waals surface area (Å²) in [4.78, 5) is 23.0. The Labute approximate surface area is 120 Å². The highest BCUT2D eigenvalue weighted by molar-refractivity contribution is 5.93. The van der Waals surface area contributed by atoms with Crippen molar-refractivity contribution in [3.05, 3.63) is 42.0 Å². The maximum Gasteiger partial charge on any atom is 0.306 e. The molecular weight excluding hydrogens is 280 g/mol. The minimum Gasteiger partial charge on any atom is -0.456 e. The molecule has 1 N–H and O–H groups in total. The largest absolute Gasteiger partial charge is 0.456 e. The van der Waals surface area contributed by atoms with Crippen LogP contribution >= 0.6 is 0 Å². The molecule has 1 aliphatic rings. The maximum atomic E-state index is 13.3. The SMILES string of the molecule is O=C(COC(=O)C[C@H]1C=CCC1)Nc1c(F)cccc1F. The highest BCUT2D eigenvalue weighted by atomic mass is 19.1. The van der Waals surface area contributed by atoms with E-state index in [0.29, 0.717) is 0 Å². The first kappa shape index (κ1) is 15.2. The minimum absolute atomic E-state index is 0.143. The molecule has 0 bridgehead atoms. The van der Waals surface area contributed by atoms with Crippen molar-refractivity contribution in [2.75, 3.05) is 11.9 Å². The lowest BCUT2D eigenvalue weighted by Crippen LogP contribution is -2.22. The summed E-state index contributed by atoms with van der Waals surface area (Å²) in [7, 11) is 0. The summed E-state index contributed by atoms with van der Waals surface area (Å²) in [5.41, 5.74) is -0.544. The van der Waals surface area contributed by atoms with Crippen LogP contribution in [0.2, 0.25) is 0 Å². The minimum atomic E-state index is -0.884. The van der Waals surface area contributed by atoms with E-state index in [4.69, 9.17) is 4.74 Å². The van der Waals surface area contributed by atoms with Gasteiger partial charge in [0.1, 0.15) is 17.3 Å². The van der Waals surface area contributed by atoms with Crippen LogP contribution in [-0.4, -0.2) is 18.5 Å². The quantitative estimate of drug-likeness (QED) is 0.671. The van der Waals surface area contributed by atoms with Crippen LogP contribution in [0.25, 0.3) is 0 Å². The first-order chi connectivity index (χ1) is 10.1. The number of carbonyl (C=O) groups excluding carboxylic acids is 2. The normalized spacial score (nSPS) is 16.8. The molecule has 0 unspecified atom stereocenters. The van der Waals surface area contributed by atoms with Gasteiger partial charge in [0.15, 0.2) is 6.61 Å². The summed E-state index contributed by atoms with van der Waals surface area (Å²) in [6.45, 7) is -0.566. The molecule has 112 valence electrons. The second-order valence-corrected chi connectivity index (χ2v) is 4.78. The van der Waals surface area contributed by atoms with E-state index in [1.807, 2.05) is 17.5 Å². The van der Waals surface area contributed by atoms with Gasteiger partial charge >= 0.3 is 5.97 Å². The van der Waals surface area contributed by atoms with Crippen molar-refractivity contribution in [1.29, 1.82) is 0 Å². The molecule has 1 aromatic rings. The van der Waals surface area contributed by atoms with Gasteiger partial charge in [-0.3, -0.25) is 9.59 Å². The second kappa shape index (κ2) is 6.97. The Hall–Kier alpha value is -2.24. The van der Waals surface area contributed by atoms with Crippen LogP contribution in [0, 0.1) is 17.6 Å². The molecule has 1 amide bonds. The summed E-state index contributed by atoms with van der Waals surface area (Å²) in [5.74, 6) is -2.91. The van der Waals surface area contributed by atoms with Crippen LogP contribution in [0.3, 0.4) is 0 Å². The molecule has 6 heteroatoms. The molecule has 1 aromatic carbocycles. The van der Waals surface area contributed by atoms with Gasteiger partial charge in [0.25, 0.3) is 5.91 Å². The highest BCUT2D eigenvalue weighted by Gasteiger charge is 2.17. The molecule has 0 radical (unpaired) electrons. The fourth-order valence-corrected chi connectivity index (χ4v) is 2.08. The lowest BCUT2D eigenvalue weighted by molar-refractivity contribution is -0.147. The summed E-state index contributed by atoms with van der Waals surface area (Å²) in [5, 5.41) is 2.05. The number of amides is 1. The van der Waals surface area contributed by atoms with E-state index in [1.54, 1.807) is 0 Å². The van der Waals surface area contributed by atoms with Gasteiger partial charge in [-0.1, -0.05) is 18.2 Å². The zero-order chi connectivity index (χ0) is 15.2. The topological polar surface area (TPSA) is 55.4 Å². The van der Waals surface area contributed by atoms with E-state index < -0.39 is 35.8 Å². The Morgan fingerprint density at radius 1 is 1.29 bits per heavy atom. The monoisotopic (exact) mass is 295 g/mol. The number of para-hydroxylation sites is 1. The van der Waals surface area contributed by atoms with Gasteiger partial charge in [0.05, 0.1) is 6.42 Å². The van der Waals surface area contributed by atoms with Crippen molar-refractivity contribution >= 4 is 17.6 Å². The smallest absolute Gasteiger partial charge is 0.306 e. The van der Waals surface area contributed by atoms with Crippen LogP contribution in [-0.2, 0) is 14.3 Å². The molecule has 21 heavy (non-hydrogen) atoms.